The van der Waals surface area contributed by atoms with Crippen LogP contribution < -0.4 is 0 Å². The van der Waals surface area contributed by atoms with Gasteiger partial charge >= 0.3 is 10.2 Å². The van der Waals surface area contributed by atoms with Crippen molar-refractivity contribution in [2.24, 2.45) is 5.92 Å². The van der Waals surface area contributed by atoms with E-state index in [1.54, 1.807) is 0 Å². The molecule has 0 N–H and O–H groups in total. The summed E-state index contributed by atoms with van der Waals surface area (Å²) in [6.07, 6.45) is 3.70. The van der Waals surface area contributed by atoms with E-state index in [1.807, 2.05) is 0 Å². The molecule has 0 amide bonds. The van der Waals surface area contributed by atoms with Crippen LogP contribution in [0.4, 0.5) is 3.89 Å². The van der Waals surface area contributed by atoms with Crippen molar-refractivity contribution in [2.45, 2.75) is 41.5 Å². The molecule has 5 nitrogen and oxygen atoms in total. The van der Waals surface area contributed by atoms with Gasteiger partial charge in [-0.15, -0.1) is 3.89 Å². The van der Waals surface area contributed by atoms with Crippen LogP contribution in [-0.2, 0) is 20.2 Å². The van der Waals surface area contributed by atoms with Gasteiger partial charge < -0.3 is 0 Å². The molecule has 3 rings (SSSR count). The van der Waals surface area contributed by atoms with E-state index in [1.165, 1.54) is 16.4 Å². The van der Waals surface area contributed by atoms with Crippen LogP contribution in [0.3, 0.4) is 0 Å². The largest absolute Gasteiger partial charge is 0.332 e. The highest BCUT2D eigenvalue weighted by atomic mass is 32.3. The van der Waals surface area contributed by atoms with Crippen molar-refractivity contribution in [3.63, 3.8) is 0 Å². The molecule has 2 fully saturated rings. The summed E-state index contributed by atoms with van der Waals surface area (Å²) in [4.78, 5) is -0.778. The van der Waals surface area contributed by atoms with Crippen LogP contribution in [0.15, 0.2) is 34.1 Å². The highest BCUT2D eigenvalue weighted by Crippen LogP contribution is 2.38. The standard InChI is InChI=1S/C13H16FNO4S2/c14-20(16,17)12-2-1-3-13(8-12)21(18,19)15(11-6-7-11)9-10-4-5-10/h1-3,8,10-11H,4-7,9H2. The third-order valence-corrected chi connectivity index (χ3v) is 6.51. The number of nitrogens with zero attached hydrogens (tertiary/aromatic N) is 1. The van der Waals surface area contributed by atoms with E-state index in [0.717, 1.165) is 37.8 Å². The number of sulfonamides is 1. The average Bonchev–Trinajstić information content (AvgIpc) is 3.27. The summed E-state index contributed by atoms with van der Waals surface area (Å²) >= 11 is 0. The molecule has 2 saturated carbocycles. The van der Waals surface area contributed by atoms with Gasteiger partial charge in [0.25, 0.3) is 0 Å². The lowest BCUT2D eigenvalue weighted by Crippen LogP contribution is -2.35. The van der Waals surface area contributed by atoms with Gasteiger partial charge in [-0.05, 0) is 49.8 Å². The van der Waals surface area contributed by atoms with E-state index in [4.69, 9.17) is 0 Å². The first-order valence-electron chi connectivity index (χ1n) is 6.85. The molecule has 0 unspecified atom stereocenters. The molecule has 21 heavy (non-hydrogen) atoms. The van der Waals surface area contributed by atoms with Gasteiger partial charge in [0.15, 0.2) is 0 Å². The quantitative estimate of drug-likeness (QED) is 0.746. The summed E-state index contributed by atoms with van der Waals surface area (Å²) in [5.41, 5.74) is 0. The predicted molar refractivity (Wildman–Crippen MR) is 74.4 cm³/mol. The SMILES string of the molecule is O=S(=O)(F)c1cccc(S(=O)(=O)N(CC2CC2)C2CC2)c1. The lowest BCUT2D eigenvalue weighted by molar-refractivity contribution is 0.388. The molecule has 8 heteroatoms. The highest BCUT2D eigenvalue weighted by Gasteiger charge is 2.41. The third-order valence-electron chi connectivity index (χ3n) is 3.78. The first-order valence-corrected chi connectivity index (χ1v) is 9.67. The van der Waals surface area contributed by atoms with E-state index < -0.39 is 25.1 Å². The van der Waals surface area contributed by atoms with Crippen LogP contribution in [0.25, 0.3) is 0 Å². The summed E-state index contributed by atoms with van der Waals surface area (Å²) < 4.78 is 61.7. The van der Waals surface area contributed by atoms with Gasteiger partial charge in [0.2, 0.25) is 10.0 Å². The van der Waals surface area contributed by atoms with Gasteiger partial charge in [-0.1, -0.05) is 6.07 Å². The van der Waals surface area contributed by atoms with Gasteiger partial charge in [0.1, 0.15) is 0 Å². The number of benzene rings is 1. The van der Waals surface area contributed by atoms with E-state index in [9.17, 15) is 20.7 Å². The summed E-state index contributed by atoms with van der Waals surface area (Å²) in [6, 6.07) is 4.51. The minimum Gasteiger partial charge on any atom is -0.207 e. The Kier molecular flexibility index (Phi) is 3.58. The van der Waals surface area contributed by atoms with Crippen LogP contribution in [0.1, 0.15) is 25.7 Å². The maximum Gasteiger partial charge on any atom is 0.332 e. The fraction of sp³-hybridized carbons (Fsp3) is 0.538. The Morgan fingerprint density at radius 2 is 1.67 bits per heavy atom. The fourth-order valence-corrected chi connectivity index (χ4v) is 4.67. The van der Waals surface area contributed by atoms with E-state index in [-0.39, 0.29) is 10.9 Å². The van der Waals surface area contributed by atoms with Gasteiger partial charge in [0.05, 0.1) is 9.79 Å². The highest BCUT2D eigenvalue weighted by molar-refractivity contribution is 7.89. The zero-order chi connectivity index (χ0) is 15.3. The van der Waals surface area contributed by atoms with Gasteiger partial charge in [-0.2, -0.15) is 12.7 Å². The van der Waals surface area contributed by atoms with Crippen LogP contribution in [-0.4, -0.2) is 33.7 Å². The number of halogens is 1. The number of hydrogen-bond donors (Lipinski definition) is 0. The van der Waals surface area contributed by atoms with Crippen molar-refractivity contribution in [2.75, 3.05) is 6.54 Å². The zero-order valence-electron chi connectivity index (χ0n) is 11.3. The Morgan fingerprint density at radius 1 is 1.05 bits per heavy atom. The summed E-state index contributed by atoms with van der Waals surface area (Å²) in [6.45, 7) is 0.472. The van der Waals surface area contributed by atoms with Crippen molar-refractivity contribution in [3.05, 3.63) is 24.3 Å². The molecule has 0 radical (unpaired) electrons. The van der Waals surface area contributed by atoms with Crippen LogP contribution >= 0.6 is 0 Å². The van der Waals surface area contributed by atoms with Crippen LogP contribution in [0.5, 0.6) is 0 Å². The number of hydrogen-bond acceptors (Lipinski definition) is 4. The molecular weight excluding hydrogens is 317 g/mol. The Balaban J connectivity index is 1.96. The molecule has 0 aromatic heterocycles. The monoisotopic (exact) mass is 333 g/mol. The molecule has 0 bridgehead atoms. The minimum absolute atomic E-state index is 0.00115. The molecule has 1 aromatic rings. The van der Waals surface area contributed by atoms with Crippen molar-refractivity contribution < 1.29 is 20.7 Å². The Labute approximate surface area is 124 Å². The molecule has 0 saturated heterocycles. The molecule has 0 aliphatic heterocycles. The average molecular weight is 333 g/mol. The summed E-state index contributed by atoms with van der Waals surface area (Å²) in [7, 11) is -8.68. The Hall–Kier alpha value is -0.990. The smallest absolute Gasteiger partial charge is 0.207 e. The lowest BCUT2D eigenvalue weighted by atomic mass is 10.4. The predicted octanol–water partition coefficient (Wildman–Crippen LogP) is 1.91. The molecule has 2 aliphatic carbocycles. The first-order chi connectivity index (χ1) is 9.78. The van der Waals surface area contributed by atoms with Crippen molar-refractivity contribution in [1.82, 2.24) is 4.31 Å². The molecular formula is C13H16FNO4S2. The topological polar surface area (TPSA) is 71.5 Å². The molecule has 2 aliphatic rings. The van der Waals surface area contributed by atoms with Crippen molar-refractivity contribution in [3.8, 4) is 0 Å². The second-order valence-electron chi connectivity index (χ2n) is 5.66. The first kappa shape index (κ1) is 14.9. The molecule has 0 heterocycles. The van der Waals surface area contributed by atoms with Gasteiger partial charge in [-0.3, -0.25) is 0 Å². The lowest BCUT2D eigenvalue weighted by Gasteiger charge is -2.21. The second-order valence-corrected chi connectivity index (χ2v) is 8.90. The maximum absolute atomic E-state index is 13.0. The number of rotatable bonds is 6. The second kappa shape index (κ2) is 5.03. The van der Waals surface area contributed by atoms with E-state index in [2.05, 4.69) is 0 Å². The molecule has 1 aromatic carbocycles. The normalized spacial score (nSPS) is 19.9. The fourth-order valence-electron chi connectivity index (χ4n) is 2.28. The van der Waals surface area contributed by atoms with Crippen LogP contribution in [0.2, 0.25) is 0 Å². The zero-order valence-corrected chi connectivity index (χ0v) is 12.9. The Bertz CT molecular complexity index is 752. The van der Waals surface area contributed by atoms with E-state index in [0.29, 0.717) is 12.5 Å². The third kappa shape index (κ3) is 3.27. The van der Waals surface area contributed by atoms with Gasteiger partial charge in [-0.25, -0.2) is 8.42 Å². The van der Waals surface area contributed by atoms with E-state index >= 15 is 0 Å². The van der Waals surface area contributed by atoms with Crippen LogP contribution in [0, 0.1) is 5.92 Å². The van der Waals surface area contributed by atoms with Crippen molar-refractivity contribution in [1.29, 1.82) is 0 Å². The molecule has 0 atom stereocenters. The van der Waals surface area contributed by atoms with Crippen molar-refractivity contribution >= 4 is 20.2 Å². The maximum atomic E-state index is 13.0. The summed E-state index contributed by atoms with van der Waals surface area (Å²) in [5, 5.41) is 0. The minimum atomic E-state index is -4.91. The molecule has 116 valence electrons. The molecule has 0 spiro atoms. The Morgan fingerprint density at radius 3 is 2.19 bits per heavy atom. The van der Waals surface area contributed by atoms with Gasteiger partial charge in [0, 0.05) is 12.6 Å². The summed E-state index contributed by atoms with van der Waals surface area (Å²) in [5.74, 6) is 0.397.